The molecule has 0 saturated carbocycles. The van der Waals surface area contributed by atoms with Gasteiger partial charge in [-0.05, 0) is 36.4 Å². The summed E-state index contributed by atoms with van der Waals surface area (Å²) in [5.74, 6) is -0.140. The Kier molecular flexibility index (Phi) is 4.49. The van der Waals surface area contributed by atoms with Gasteiger partial charge >= 0.3 is 0 Å². The highest BCUT2D eigenvalue weighted by atomic mass is 79.9. The van der Waals surface area contributed by atoms with Gasteiger partial charge in [0.05, 0.1) is 5.02 Å². The van der Waals surface area contributed by atoms with E-state index in [1.807, 2.05) is 6.07 Å². The largest absolute Gasteiger partial charge is 0.289 e. The summed E-state index contributed by atoms with van der Waals surface area (Å²) in [4.78, 5) is 12.3. The molecule has 0 aliphatic carbocycles. The molecule has 0 radical (unpaired) electrons. The van der Waals surface area contributed by atoms with Gasteiger partial charge in [0, 0.05) is 25.1 Å². The number of benzene rings is 2. The standard InChI is InChI=1S/C13H6Br2Cl2O/c14-8-3-7(4-9(15)5-8)13(18)11-2-1-10(16)6-12(11)17/h1-6H. The van der Waals surface area contributed by atoms with Gasteiger partial charge in [0.25, 0.3) is 0 Å². The molecule has 92 valence electrons. The lowest BCUT2D eigenvalue weighted by Gasteiger charge is -2.05. The van der Waals surface area contributed by atoms with Crippen LogP contribution in [0, 0.1) is 0 Å². The van der Waals surface area contributed by atoms with Crippen molar-refractivity contribution in [2.24, 2.45) is 0 Å². The van der Waals surface area contributed by atoms with Gasteiger partial charge in [-0.3, -0.25) is 4.79 Å². The van der Waals surface area contributed by atoms with Crippen LogP contribution in [0.2, 0.25) is 10.0 Å². The lowest BCUT2D eigenvalue weighted by molar-refractivity contribution is 0.103. The SMILES string of the molecule is O=C(c1cc(Br)cc(Br)c1)c1ccc(Cl)cc1Cl. The predicted molar refractivity (Wildman–Crippen MR) is 81.7 cm³/mol. The maximum absolute atomic E-state index is 12.3. The van der Waals surface area contributed by atoms with Gasteiger partial charge in [-0.25, -0.2) is 0 Å². The van der Waals surface area contributed by atoms with Gasteiger partial charge in [-0.1, -0.05) is 55.1 Å². The predicted octanol–water partition coefficient (Wildman–Crippen LogP) is 5.75. The van der Waals surface area contributed by atoms with Crippen molar-refractivity contribution in [1.29, 1.82) is 0 Å². The third-order valence-corrected chi connectivity index (χ3v) is 3.76. The maximum Gasteiger partial charge on any atom is 0.194 e. The molecule has 0 N–H and O–H groups in total. The molecule has 0 unspecified atom stereocenters. The second-order valence-corrected chi connectivity index (χ2v) is 6.29. The molecule has 0 aromatic heterocycles. The highest BCUT2D eigenvalue weighted by Gasteiger charge is 2.14. The van der Waals surface area contributed by atoms with Gasteiger partial charge in [0.1, 0.15) is 0 Å². The fraction of sp³-hybridized carbons (Fsp3) is 0. The van der Waals surface area contributed by atoms with Gasteiger partial charge < -0.3 is 0 Å². The van der Waals surface area contributed by atoms with E-state index in [1.165, 1.54) is 0 Å². The van der Waals surface area contributed by atoms with E-state index < -0.39 is 0 Å². The van der Waals surface area contributed by atoms with Crippen LogP contribution in [0.3, 0.4) is 0 Å². The molecule has 0 amide bonds. The second-order valence-electron chi connectivity index (χ2n) is 3.61. The second kappa shape index (κ2) is 5.74. The van der Waals surface area contributed by atoms with E-state index in [4.69, 9.17) is 23.2 Å². The molecule has 0 aliphatic rings. The van der Waals surface area contributed by atoms with E-state index in [0.29, 0.717) is 21.2 Å². The zero-order chi connectivity index (χ0) is 13.3. The minimum absolute atomic E-state index is 0.140. The van der Waals surface area contributed by atoms with Gasteiger partial charge in [0.2, 0.25) is 0 Å². The van der Waals surface area contributed by atoms with Crippen LogP contribution >= 0.6 is 55.1 Å². The first kappa shape index (κ1) is 14.1. The van der Waals surface area contributed by atoms with Crippen molar-refractivity contribution >= 4 is 60.8 Å². The highest BCUT2D eigenvalue weighted by Crippen LogP contribution is 2.26. The highest BCUT2D eigenvalue weighted by molar-refractivity contribution is 9.11. The first-order valence-electron chi connectivity index (χ1n) is 4.93. The Labute approximate surface area is 131 Å². The number of hydrogen-bond donors (Lipinski definition) is 0. The first-order chi connectivity index (χ1) is 8.47. The van der Waals surface area contributed by atoms with Crippen LogP contribution in [-0.4, -0.2) is 5.78 Å². The van der Waals surface area contributed by atoms with Crippen LogP contribution in [0.1, 0.15) is 15.9 Å². The Hall–Kier alpha value is -0.350. The van der Waals surface area contributed by atoms with Crippen molar-refractivity contribution < 1.29 is 4.79 Å². The zero-order valence-electron chi connectivity index (χ0n) is 8.88. The lowest BCUT2D eigenvalue weighted by atomic mass is 10.0. The summed E-state index contributed by atoms with van der Waals surface area (Å²) in [7, 11) is 0. The molecule has 5 heteroatoms. The molecule has 0 heterocycles. The number of halogens is 4. The Morgan fingerprint density at radius 3 is 2.11 bits per heavy atom. The summed E-state index contributed by atoms with van der Waals surface area (Å²) in [6.45, 7) is 0. The van der Waals surface area contributed by atoms with E-state index in [-0.39, 0.29) is 5.78 Å². The third-order valence-electron chi connectivity index (χ3n) is 2.30. The molecule has 0 bridgehead atoms. The molecule has 2 aromatic carbocycles. The average molecular weight is 409 g/mol. The molecular weight excluding hydrogens is 403 g/mol. The van der Waals surface area contributed by atoms with Gasteiger partial charge in [-0.15, -0.1) is 0 Å². The zero-order valence-corrected chi connectivity index (χ0v) is 13.6. The van der Waals surface area contributed by atoms with Gasteiger partial charge in [-0.2, -0.15) is 0 Å². The maximum atomic E-state index is 12.3. The van der Waals surface area contributed by atoms with E-state index in [0.717, 1.165) is 8.95 Å². The number of hydrogen-bond acceptors (Lipinski definition) is 1. The summed E-state index contributed by atoms with van der Waals surface area (Å²) >= 11 is 18.5. The molecule has 1 nitrogen and oxygen atoms in total. The first-order valence-corrected chi connectivity index (χ1v) is 7.27. The molecule has 0 saturated heterocycles. The van der Waals surface area contributed by atoms with E-state index in [1.54, 1.807) is 30.3 Å². The van der Waals surface area contributed by atoms with Crippen molar-refractivity contribution in [1.82, 2.24) is 0 Å². The van der Waals surface area contributed by atoms with E-state index >= 15 is 0 Å². The van der Waals surface area contributed by atoms with E-state index in [2.05, 4.69) is 31.9 Å². The Morgan fingerprint density at radius 2 is 1.56 bits per heavy atom. The van der Waals surface area contributed by atoms with Crippen LogP contribution in [0.25, 0.3) is 0 Å². The number of carbonyl (C=O) groups is 1. The molecule has 0 aliphatic heterocycles. The average Bonchev–Trinajstić information content (AvgIpc) is 2.26. The Balaban J connectivity index is 2.47. The summed E-state index contributed by atoms with van der Waals surface area (Å²) < 4.78 is 1.65. The summed E-state index contributed by atoms with van der Waals surface area (Å²) in [5, 5.41) is 0.857. The Bertz CT molecular complexity index is 606. The van der Waals surface area contributed by atoms with Crippen molar-refractivity contribution in [2.45, 2.75) is 0 Å². The van der Waals surface area contributed by atoms with Crippen LogP contribution in [0.4, 0.5) is 0 Å². The third kappa shape index (κ3) is 3.15. The van der Waals surface area contributed by atoms with Crippen LogP contribution < -0.4 is 0 Å². The lowest BCUT2D eigenvalue weighted by Crippen LogP contribution is -2.02. The topological polar surface area (TPSA) is 17.1 Å². The van der Waals surface area contributed by atoms with Crippen molar-refractivity contribution in [3.05, 3.63) is 66.5 Å². The van der Waals surface area contributed by atoms with Crippen LogP contribution in [0.15, 0.2) is 45.3 Å². The minimum Gasteiger partial charge on any atom is -0.289 e. The summed E-state index contributed by atoms with van der Waals surface area (Å²) in [6.07, 6.45) is 0. The summed E-state index contributed by atoms with van der Waals surface area (Å²) in [6, 6.07) is 10.2. The van der Waals surface area contributed by atoms with Crippen molar-refractivity contribution in [2.75, 3.05) is 0 Å². The molecule has 2 aromatic rings. The smallest absolute Gasteiger partial charge is 0.194 e. The quantitative estimate of drug-likeness (QED) is 0.578. The minimum atomic E-state index is -0.140. The molecule has 0 atom stereocenters. The monoisotopic (exact) mass is 406 g/mol. The van der Waals surface area contributed by atoms with E-state index in [9.17, 15) is 4.79 Å². The summed E-state index contributed by atoms with van der Waals surface area (Å²) in [5.41, 5.74) is 0.992. The molecule has 2 rings (SSSR count). The van der Waals surface area contributed by atoms with Crippen molar-refractivity contribution in [3.63, 3.8) is 0 Å². The molecule has 18 heavy (non-hydrogen) atoms. The Morgan fingerprint density at radius 1 is 0.944 bits per heavy atom. The van der Waals surface area contributed by atoms with Crippen LogP contribution in [0.5, 0.6) is 0 Å². The molecule has 0 fully saturated rings. The van der Waals surface area contributed by atoms with Gasteiger partial charge in [0.15, 0.2) is 5.78 Å². The fourth-order valence-electron chi connectivity index (χ4n) is 1.51. The number of carbonyl (C=O) groups excluding carboxylic acids is 1. The molecule has 0 spiro atoms. The van der Waals surface area contributed by atoms with Crippen molar-refractivity contribution in [3.8, 4) is 0 Å². The number of ketones is 1. The number of rotatable bonds is 2. The molecular formula is C13H6Br2Cl2O. The fourth-order valence-corrected chi connectivity index (χ4v) is 3.30. The normalized spacial score (nSPS) is 10.4. The van der Waals surface area contributed by atoms with Crippen LogP contribution in [-0.2, 0) is 0 Å².